The zero-order valence-corrected chi connectivity index (χ0v) is 16.8. The SMILES string of the molecule is COc1cc2c(cc1OC)CN(C(=O)C1CC1C(=O)NC1CCCCC1)CC2. The van der Waals surface area contributed by atoms with Crippen LogP contribution in [0.1, 0.15) is 49.7 Å². The normalized spacial score (nSPS) is 24.3. The molecule has 2 saturated carbocycles. The van der Waals surface area contributed by atoms with Crippen LogP contribution < -0.4 is 14.8 Å². The third kappa shape index (κ3) is 3.82. The van der Waals surface area contributed by atoms with Crippen LogP contribution >= 0.6 is 0 Å². The van der Waals surface area contributed by atoms with Crippen LogP contribution in [0.25, 0.3) is 0 Å². The molecule has 4 rings (SSSR count). The van der Waals surface area contributed by atoms with Gasteiger partial charge < -0.3 is 19.7 Å². The molecule has 2 unspecified atom stereocenters. The summed E-state index contributed by atoms with van der Waals surface area (Å²) in [7, 11) is 3.25. The molecule has 0 bridgehead atoms. The minimum Gasteiger partial charge on any atom is -0.493 e. The number of nitrogens with zero attached hydrogens (tertiary/aromatic N) is 1. The Morgan fingerprint density at radius 2 is 1.68 bits per heavy atom. The molecule has 6 heteroatoms. The van der Waals surface area contributed by atoms with Crippen LogP contribution in [0.2, 0.25) is 0 Å². The first kappa shape index (κ1) is 19.1. The summed E-state index contributed by atoms with van der Waals surface area (Å²) in [6.07, 6.45) is 7.29. The van der Waals surface area contributed by atoms with Crippen molar-refractivity contribution in [3.8, 4) is 11.5 Å². The van der Waals surface area contributed by atoms with Gasteiger partial charge in [-0.2, -0.15) is 0 Å². The number of methoxy groups -OCH3 is 2. The molecule has 1 aliphatic heterocycles. The quantitative estimate of drug-likeness (QED) is 0.845. The van der Waals surface area contributed by atoms with Gasteiger partial charge in [0.25, 0.3) is 0 Å². The minimum atomic E-state index is -0.148. The monoisotopic (exact) mass is 386 g/mol. The molecule has 152 valence electrons. The Balaban J connectivity index is 1.36. The topological polar surface area (TPSA) is 67.9 Å². The number of amides is 2. The smallest absolute Gasteiger partial charge is 0.226 e. The summed E-state index contributed by atoms with van der Waals surface area (Å²) < 4.78 is 10.8. The minimum absolute atomic E-state index is 0.0778. The van der Waals surface area contributed by atoms with E-state index in [4.69, 9.17) is 9.47 Å². The third-order valence-corrected chi connectivity index (χ3v) is 6.43. The van der Waals surface area contributed by atoms with Crippen molar-refractivity contribution >= 4 is 11.8 Å². The van der Waals surface area contributed by atoms with Crippen LogP contribution in [0.5, 0.6) is 11.5 Å². The number of ether oxygens (including phenoxy) is 2. The van der Waals surface area contributed by atoms with Crippen LogP contribution in [-0.4, -0.2) is 43.5 Å². The predicted molar refractivity (Wildman–Crippen MR) is 105 cm³/mol. The molecule has 0 saturated heterocycles. The van der Waals surface area contributed by atoms with Crippen molar-refractivity contribution in [2.24, 2.45) is 11.8 Å². The Morgan fingerprint density at radius 1 is 1.00 bits per heavy atom. The zero-order chi connectivity index (χ0) is 19.7. The first-order valence-corrected chi connectivity index (χ1v) is 10.4. The summed E-state index contributed by atoms with van der Waals surface area (Å²) >= 11 is 0. The van der Waals surface area contributed by atoms with Gasteiger partial charge in [0.15, 0.2) is 11.5 Å². The third-order valence-electron chi connectivity index (χ3n) is 6.43. The number of carbonyl (C=O) groups excluding carboxylic acids is 2. The fourth-order valence-electron chi connectivity index (χ4n) is 4.62. The van der Waals surface area contributed by atoms with Gasteiger partial charge in [-0.15, -0.1) is 0 Å². The molecule has 3 aliphatic rings. The highest BCUT2D eigenvalue weighted by Crippen LogP contribution is 2.42. The summed E-state index contributed by atoms with van der Waals surface area (Å²) in [5.74, 6) is 1.32. The van der Waals surface area contributed by atoms with Crippen LogP contribution in [0, 0.1) is 11.8 Å². The van der Waals surface area contributed by atoms with E-state index in [1.165, 1.54) is 24.8 Å². The molecule has 6 nitrogen and oxygen atoms in total. The Kier molecular flexibility index (Phi) is 5.47. The molecule has 2 atom stereocenters. The van der Waals surface area contributed by atoms with Gasteiger partial charge in [0.05, 0.1) is 26.1 Å². The lowest BCUT2D eigenvalue weighted by atomic mass is 9.95. The maximum absolute atomic E-state index is 12.9. The lowest BCUT2D eigenvalue weighted by molar-refractivity contribution is -0.135. The second-order valence-corrected chi connectivity index (χ2v) is 8.28. The number of fused-ring (bicyclic) bond motifs is 1. The summed E-state index contributed by atoms with van der Waals surface area (Å²) in [6.45, 7) is 1.26. The first-order valence-electron chi connectivity index (χ1n) is 10.4. The fraction of sp³-hybridized carbons (Fsp3) is 0.636. The van der Waals surface area contributed by atoms with Gasteiger partial charge in [0.2, 0.25) is 11.8 Å². The van der Waals surface area contributed by atoms with Crippen LogP contribution in [0.3, 0.4) is 0 Å². The second-order valence-electron chi connectivity index (χ2n) is 8.28. The Morgan fingerprint density at radius 3 is 2.36 bits per heavy atom. The summed E-state index contributed by atoms with van der Waals surface area (Å²) in [6, 6.07) is 4.28. The van der Waals surface area contributed by atoms with Crippen molar-refractivity contribution in [1.82, 2.24) is 10.2 Å². The van der Waals surface area contributed by atoms with E-state index in [-0.39, 0.29) is 23.7 Å². The Labute approximate surface area is 166 Å². The molecule has 0 aromatic heterocycles. The molecule has 2 aliphatic carbocycles. The Bertz CT molecular complexity index is 757. The average Bonchev–Trinajstić information content (AvgIpc) is 3.53. The molecule has 1 heterocycles. The van der Waals surface area contributed by atoms with Crippen LogP contribution in [-0.2, 0) is 22.6 Å². The van der Waals surface area contributed by atoms with Gasteiger partial charge in [-0.3, -0.25) is 9.59 Å². The second kappa shape index (κ2) is 8.02. The van der Waals surface area contributed by atoms with Gasteiger partial charge in [-0.05, 0) is 48.9 Å². The highest BCUT2D eigenvalue weighted by Gasteiger charge is 2.50. The highest BCUT2D eigenvalue weighted by molar-refractivity contribution is 5.92. The van der Waals surface area contributed by atoms with E-state index in [0.29, 0.717) is 31.3 Å². The van der Waals surface area contributed by atoms with Crippen molar-refractivity contribution in [3.05, 3.63) is 23.3 Å². The van der Waals surface area contributed by atoms with E-state index in [1.807, 2.05) is 17.0 Å². The van der Waals surface area contributed by atoms with E-state index >= 15 is 0 Å². The van der Waals surface area contributed by atoms with Gasteiger partial charge >= 0.3 is 0 Å². The Hall–Kier alpha value is -2.24. The molecule has 0 spiro atoms. The number of rotatable bonds is 5. The van der Waals surface area contributed by atoms with Crippen molar-refractivity contribution in [2.75, 3.05) is 20.8 Å². The van der Waals surface area contributed by atoms with E-state index in [2.05, 4.69) is 5.32 Å². The van der Waals surface area contributed by atoms with Crippen molar-refractivity contribution < 1.29 is 19.1 Å². The van der Waals surface area contributed by atoms with Gasteiger partial charge in [0.1, 0.15) is 0 Å². The first-order chi connectivity index (χ1) is 13.6. The maximum Gasteiger partial charge on any atom is 0.226 e. The lowest BCUT2D eigenvalue weighted by Crippen LogP contribution is -2.40. The van der Waals surface area contributed by atoms with Gasteiger partial charge in [0, 0.05) is 19.1 Å². The molecule has 1 N–H and O–H groups in total. The van der Waals surface area contributed by atoms with E-state index in [0.717, 1.165) is 30.6 Å². The molecule has 2 fully saturated rings. The number of nitrogens with one attached hydrogen (secondary N) is 1. The summed E-state index contributed by atoms with van der Waals surface area (Å²) in [5.41, 5.74) is 2.30. The standard InChI is InChI=1S/C22H30N2O4/c1-27-19-10-14-8-9-24(13-15(14)11-20(19)28-2)22(26)18-12-17(18)21(25)23-16-6-4-3-5-7-16/h10-11,16-18H,3-9,12-13H2,1-2H3,(H,23,25). The van der Waals surface area contributed by atoms with Gasteiger partial charge in [-0.25, -0.2) is 0 Å². The largest absolute Gasteiger partial charge is 0.493 e. The number of carbonyl (C=O) groups is 2. The van der Waals surface area contributed by atoms with E-state index in [1.54, 1.807) is 14.2 Å². The highest BCUT2D eigenvalue weighted by atomic mass is 16.5. The molecule has 2 amide bonds. The molecule has 28 heavy (non-hydrogen) atoms. The fourth-order valence-corrected chi connectivity index (χ4v) is 4.62. The number of hydrogen-bond acceptors (Lipinski definition) is 4. The van der Waals surface area contributed by atoms with Crippen LogP contribution in [0.4, 0.5) is 0 Å². The molecular weight excluding hydrogens is 356 g/mol. The number of benzene rings is 1. The van der Waals surface area contributed by atoms with Crippen molar-refractivity contribution in [1.29, 1.82) is 0 Å². The summed E-state index contributed by atoms with van der Waals surface area (Å²) in [4.78, 5) is 27.4. The van der Waals surface area contributed by atoms with Crippen LogP contribution in [0.15, 0.2) is 12.1 Å². The number of hydrogen-bond donors (Lipinski definition) is 1. The molecule has 1 aromatic rings. The van der Waals surface area contributed by atoms with E-state index < -0.39 is 0 Å². The predicted octanol–water partition coefficient (Wildman–Crippen LogP) is 2.67. The summed E-state index contributed by atoms with van der Waals surface area (Å²) in [5, 5.41) is 3.17. The lowest BCUT2D eigenvalue weighted by Gasteiger charge is -2.30. The average molecular weight is 386 g/mol. The van der Waals surface area contributed by atoms with E-state index in [9.17, 15) is 9.59 Å². The zero-order valence-electron chi connectivity index (χ0n) is 16.8. The maximum atomic E-state index is 12.9. The van der Waals surface area contributed by atoms with Crippen molar-refractivity contribution in [3.63, 3.8) is 0 Å². The van der Waals surface area contributed by atoms with Crippen molar-refractivity contribution in [2.45, 2.75) is 57.5 Å². The van der Waals surface area contributed by atoms with Gasteiger partial charge in [-0.1, -0.05) is 19.3 Å². The molecule has 0 radical (unpaired) electrons. The molecule has 1 aromatic carbocycles. The molecular formula is C22H30N2O4.